The number of likely N-dealkylation sites (tertiary alicyclic amines) is 1. The molecule has 0 saturated carbocycles. The number of nitrogens with zero attached hydrogens (tertiary/aromatic N) is 1. The number of nitrogens with one attached hydrogen (secondary N) is 1. The van der Waals surface area contributed by atoms with Crippen molar-refractivity contribution in [2.75, 3.05) is 31.6 Å². The number of hydrogen-bond acceptors (Lipinski definition) is 4. The van der Waals surface area contributed by atoms with Crippen LogP contribution in [0.3, 0.4) is 0 Å². The molecule has 7 heteroatoms. The van der Waals surface area contributed by atoms with Crippen molar-refractivity contribution in [2.45, 2.75) is 18.9 Å². The van der Waals surface area contributed by atoms with Crippen LogP contribution in [0.5, 0.6) is 0 Å². The van der Waals surface area contributed by atoms with Gasteiger partial charge in [0, 0.05) is 13.1 Å². The highest BCUT2D eigenvalue weighted by atomic mass is 32.2. The van der Waals surface area contributed by atoms with Gasteiger partial charge in [-0.05, 0) is 37.3 Å². The number of nitrogens with two attached hydrogens (primary N) is 1. The number of carboxylic acids is 1. The molecule has 0 aromatic rings. The summed E-state index contributed by atoms with van der Waals surface area (Å²) in [6, 6.07) is -1.10. The molecule has 0 spiro atoms. The minimum atomic E-state index is -0.980. The van der Waals surface area contributed by atoms with E-state index >= 15 is 0 Å². The fourth-order valence-corrected chi connectivity index (χ4v) is 2.41. The molecule has 1 aliphatic rings. The number of carbonyl (C=O) groups is 2. The number of amides is 2. The first-order chi connectivity index (χ1) is 8.58. The van der Waals surface area contributed by atoms with Crippen LogP contribution in [0.15, 0.2) is 0 Å². The molecule has 2 atom stereocenters. The first kappa shape index (κ1) is 15.1. The van der Waals surface area contributed by atoms with Crippen LogP contribution in [0.4, 0.5) is 4.79 Å². The largest absolute Gasteiger partial charge is 0.480 e. The Kier molecular flexibility index (Phi) is 6.28. The number of aliphatic carboxylic acids is 1. The van der Waals surface area contributed by atoms with Crippen molar-refractivity contribution in [3.8, 4) is 0 Å². The average molecular weight is 275 g/mol. The number of carbonyl (C=O) groups excluding carboxylic acids is 1. The number of thioether (sulfide) groups is 1. The van der Waals surface area contributed by atoms with Crippen LogP contribution in [0.2, 0.25) is 0 Å². The maximum Gasteiger partial charge on any atom is 0.326 e. The molecule has 0 aromatic carbocycles. The molecule has 1 saturated heterocycles. The van der Waals surface area contributed by atoms with E-state index in [0.29, 0.717) is 37.7 Å². The number of hydrogen-bond donors (Lipinski definition) is 3. The fourth-order valence-electron chi connectivity index (χ4n) is 1.94. The highest BCUT2D eigenvalue weighted by Gasteiger charge is 2.28. The van der Waals surface area contributed by atoms with E-state index in [1.807, 2.05) is 6.26 Å². The predicted molar refractivity (Wildman–Crippen MR) is 71.7 cm³/mol. The Hall–Kier alpha value is -0.950. The molecular formula is C11H21N3O3S. The third kappa shape index (κ3) is 4.38. The molecule has 0 aromatic heterocycles. The number of rotatable bonds is 6. The van der Waals surface area contributed by atoms with Crippen molar-refractivity contribution in [1.82, 2.24) is 10.2 Å². The molecule has 1 fully saturated rings. The van der Waals surface area contributed by atoms with Crippen molar-refractivity contribution in [3.05, 3.63) is 0 Å². The quantitative estimate of drug-likeness (QED) is 0.643. The van der Waals surface area contributed by atoms with E-state index in [2.05, 4.69) is 5.32 Å². The van der Waals surface area contributed by atoms with Crippen LogP contribution < -0.4 is 11.1 Å². The maximum atomic E-state index is 11.9. The zero-order valence-electron chi connectivity index (χ0n) is 10.6. The van der Waals surface area contributed by atoms with Crippen molar-refractivity contribution in [3.63, 3.8) is 0 Å². The van der Waals surface area contributed by atoms with Gasteiger partial charge in [0.1, 0.15) is 6.04 Å². The molecule has 0 bridgehead atoms. The Bertz CT molecular complexity index is 301. The molecule has 1 heterocycles. The van der Waals surface area contributed by atoms with E-state index < -0.39 is 12.0 Å². The van der Waals surface area contributed by atoms with Crippen LogP contribution in [0, 0.1) is 5.92 Å². The van der Waals surface area contributed by atoms with Gasteiger partial charge in [-0.2, -0.15) is 11.8 Å². The van der Waals surface area contributed by atoms with Crippen LogP contribution >= 0.6 is 11.8 Å². The second-order valence-corrected chi connectivity index (χ2v) is 5.44. The van der Waals surface area contributed by atoms with Crippen molar-refractivity contribution >= 4 is 23.8 Å². The van der Waals surface area contributed by atoms with Gasteiger partial charge in [0.25, 0.3) is 0 Å². The summed E-state index contributed by atoms with van der Waals surface area (Å²) in [5, 5.41) is 11.6. The second kappa shape index (κ2) is 7.48. The molecule has 0 aliphatic carbocycles. The van der Waals surface area contributed by atoms with Gasteiger partial charge < -0.3 is 21.1 Å². The lowest BCUT2D eigenvalue weighted by atomic mass is 10.1. The minimum absolute atomic E-state index is 0.292. The van der Waals surface area contributed by atoms with E-state index in [-0.39, 0.29) is 6.03 Å². The van der Waals surface area contributed by atoms with E-state index in [1.54, 1.807) is 16.7 Å². The fraction of sp³-hybridized carbons (Fsp3) is 0.818. The first-order valence-electron chi connectivity index (χ1n) is 6.05. The van der Waals surface area contributed by atoms with E-state index in [4.69, 9.17) is 10.8 Å². The topological polar surface area (TPSA) is 95.7 Å². The summed E-state index contributed by atoms with van der Waals surface area (Å²) in [4.78, 5) is 24.5. The first-order valence-corrected chi connectivity index (χ1v) is 7.45. The van der Waals surface area contributed by atoms with Gasteiger partial charge in [0.15, 0.2) is 0 Å². The third-order valence-corrected chi connectivity index (χ3v) is 3.76. The van der Waals surface area contributed by atoms with E-state index in [0.717, 1.165) is 6.42 Å². The van der Waals surface area contributed by atoms with Crippen LogP contribution in [0.25, 0.3) is 0 Å². The summed E-state index contributed by atoms with van der Waals surface area (Å²) >= 11 is 1.57. The van der Waals surface area contributed by atoms with Gasteiger partial charge in [-0.3, -0.25) is 0 Å². The van der Waals surface area contributed by atoms with Gasteiger partial charge in [0.05, 0.1) is 0 Å². The molecule has 1 rings (SSSR count). The van der Waals surface area contributed by atoms with Crippen molar-refractivity contribution < 1.29 is 14.7 Å². The Morgan fingerprint density at radius 2 is 2.33 bits per heavy atom. The zero-order chi connectivity index (χ0) is 13.5. The number of urea groups is 1. The van der Waals surface area contributed by atoms with Gasteiger partial charge in [0.2, 0.25) is 0 Å². The summed E-state index contributed by atoms with van der Waals surface area (Å²) in [6.45, 7) is 1.85. The van der Waals surface area contributed by atoms with Gasteiger partial charge in [-0.15, -0.1) is 0 Å². The number of carboxylic acid groups (broad SMARTS) is 1. The molecule has 6 nitrogen and oxygen atoms in total. The minimum Gasteiger partial charge on any atom is -0.480 e. The highest BCUT2D eigenvalue weighted by molar-refractivity contribution is 7.98. The van der Waals surface area contributed by atoms with E-state index in [9.17, 15) is 9.59 Å². The molecule has 2 amide bonds. The molecule has 18 heavy (non-hydrogen) atoms. The van der Waals surface area contributed by atoms with Gasteiger partial charge >= 0.3 is 12.0 Å². The summed E-state index contributed by atoms with van der Waals surface area (Å²) in [6.07, 6.45) is 3.25. The van der Waals surface area contributed by atoms with Crippen LogP contribution in [-0.2, 0) is 4.79 Å². The van der Waals surface area contributed by atoms with Crippen molar-refractivity contribution in [2.24, 2.45) is 11.7 Å². The Balaban J connectivity index is 2.43. The van der Waals surface area contributed by atoms with E-state index in [1.165, 1.54) is 0 Å². The summed E-state index contributed by atoms with van der Waals surface area (Å²) < 4.78 is 0. The standard InChI is InChI=1S/C11H21N3O3S/c1-18-5-3-9(10(15)16)13-11(17)14-4-2-8(6-12)7-14/h8-9H,2-7,12H2,1H3,(H,13,17)(H,15,16)/t8?,9-/m0/s1. The summed E-state index contributed by atoms with van der Waals surface area (Å²) in [5.74, 6) is 0.0695. The third-order valence-electron chi connectivity index (χ3n) is 3.11. The van der Waals surface area contributed by atoms with Gasteiger partial charge in [-0.1, -0.05) is 0 Å². The molecule has 0 radical (unpaired) electrons. The van der Waals surface area contributed by atoms with Crippen LogP contribution in [0.1, 0.15) is 12.8 Å². The molecule has 4 N–H and O–H groups in total. The molecule has 104 valence electrons. The lowest BCUT2D eigenvalue weighted by molar-refractivity contribution is -0.139. The van der Waals surface area contributed by atoms with Crippen molar-refractivity contribution in [1.29, 1.82) is 0 Å². The Morgan fingerprint density at radius 1 is 1.61 bits per heavy atom. The average Bonchev–Trinajstić information content (AvgIpc) is 2.82. The van der Waals surface area contributed by atoms with Crippen LogP contribution in [-0.4, -0.2) is 59.7 Å². The lowest BCUT2D eigenvalue weighted by Gasteiger charge is -2.20. The summed E-state index contributed by atoms with van der Waals surface area (Å²) in [5.41, 5.74) is 5.56. The molecule has 1 aliphatic heterocycles. The Labute approximate surface area is 111 Å². The maximum absolute atomic E-state index is 11.9. The normalized spacial score (nSPS) is 20.8. The SMILES string of the molecule is CSCC[C@H](NC(=O)N1CCC(CN)C1)C(=O)O. The summed E-state index contributed by atoms with van der Waals surface area (Å²) in [7, 11) is 0. The predicted octanol–water partition coefficient (Wildman–Crippen LogP) is 0.183. The molecular weight excluding hydrogens is 254 g/mol. The zero-order valence-corrected chi connectivity index (χ0v) is 11.4. The molecule has 1 unspecified atom stereocenters. The highest BCUT2D eigenvalue weighted by Crippen LogP contribution is 2.15. The second-order valence-electron chi connectivity index (χ2n) is 4.46. The smallest absolute Gasteiger partial charge is 0.326 e. The monoisotopic (exact) mass is 275 g/mol. The van der Waals surface area contributed by atoms with Gasteiger partial charge in [-0.25, -0.2) is 9.59 Å². The Morgan fingerprint density at radius 3 is 2.83 bits per heavy atom. The lowest BCUT2D eigenvalue weighted by Crippen LogP contribution is -2.47.